The van der Waals surface area contributed by atoms with Crippen molar-refractivity contribution in [3.63, 3.8) is 0 Å². The normalized spacial score (nSPS) is 16.2. The van der Waals surface area contributed by atoms with Crippen molar-refractivity contribution in [2.75, 3.05) is 51.1 Å². The number of hydrogen-bond acceptors (Lipinski definition) is 4. The molecule has 0 saturated carbocycles. The maximum absolute atomic E-state index is 12.9. The highest BCUT2D eigenvalue weighted by molar-refractivity contribution is 5.97. The van der Waals surface area contributed by atoms with E-state index < -0.39 is 0 Å². The van der Waals surface area contributed by atoms with Gasteiger partial charge >= 0.3 is 0 Å². The fraction of sp³-hybridized carbons (Fsp3) is 0.333. The molecule has 1 fully saturated rings. The van der Waals surface area contributed by atoms with Crippen molar-refractivity contribution in [3.05, 3.63) is 82.7 Å². The Balaban J connectivity index is 1.64. The second-order valence-electron chi connectivity index (χ2n) is 9.48. The first-order valence-electron chi connectivity index (χ1n) is 11.5. The molecule has 1 saturated heterocycles. The van der Waals surface area contributed by atoms with Gasteiger partial charge in [0.05, 0.1) is 0 Å². The molecule has 2 heterocycles. The third-order valence-electron chi connectivity index (χ3n) is 6.97. The Labute approximate surface area is 195 Å². The minimum absolute atomic E-state index is 0.0279. The molecule has 0 radical (unpaired) electrons. The van der Waals surface area contributed by atoms with Crippen LogP contribution in [0, 0.1) is 0 Å². The first-order chi connectivity index (χ1) is 15.9. The average Bonchev–Trinajstić information content (AvgIpc) is 3.21. The van der Waals surface area contributed by atoms with E-state index in [2.05, 4.69) is 109 Å². The maximum atomic E-state index is 12.9. The van der Waals surface area contributed by atoms with Crippen LogP contribution in [0.4, 0.5) is 11.4 Å². The van der Waals surface area contributed by atoms with Crippen LogP contribution in [0.15, 0.2) is 54.6 Å². The van der Waals surface area contributed by atoms with E-state index >= 15 is 0 Å². The fourth-order valence-corrected chi connectivity index (χ4v) is 4.78. The smallest absolute Gasteiger partial charge is 0.274 e. The van der Waals surface area contributed by atoms with Gasteiger partial charge in [0.15, 0.2) is 5.69 Å². The number of carbonyl (C=O) groups is 1. The molecule has 6 nitrogen and oxygen atoms in total. The van der Waals surface area contributed by atoms with E-state index in [1.165, 1.54) is 11.1 Å². The van der Waals surface area contributed by atoms with E-state index in [9.17, 15) is 4.79 Å². The molecular weight excluding hydrogens is 410 g/mol. The Hall–Kier alpha value is -3.54. The lowest BCUT2D eigenvalue weighted by molar-refractivity contribution is 0.0645. The van der Waals surface area contributed by atoms with Crippen LogP contribution in [-0.4, -0.2) is 62.3 Å². The number of nitrogens with one attached hydrogen (secondary N) is 1. The third-order valence-corrected chi connectivity index (χ3v) is 6.97. The van der Waals surface area contributed by atoms with Crippen molar-refractivity contribution in [2.45, 2.75) is 18.3 Å². The number of H-pyrrole nitrogens is 1. The molecule has 33 heavy (non-hydrogen) atoms. The van der Waals surface area contributed by atoms with Crippen molar-refractivity contribution in [3.8, 4) is 0 Å². The highest BCUT2D eigenvalue weighted by Crippen LogP contribution is 2.43. The van der Waals surface area contributed by atoms with E-state index in [0.29, 0.717) is 12.1 Å². The van der Waals surface area contributed by atoms with Gasteiger partial charge in [-0.1, -0.05) is 36.4 Å². The lowest BCUT2D eigenvalue weighted by atomic mass is 9.68. The van der Waals surface area contributed by atoms with Crippen LogP contribution < -0.4 is 9.80 Å². The summed E-state index contributed by atoms with van der Waals surface area (Å²) in [6, 6.07) is 17.4. The number of benzene rings is 2. The number of amides is 1. The van der Waals surface area contributed by atoms with E-state index in [1.807, 2.05) is 4.90 Å². The monoisotopic (exact) mass is 441 g/mol. The van der Waals surface area contributed by atoms with Gasteiger partial charge in [-0.05, 0) is 41.8 Å². The van der Waals surface area contributed by atoms with Gasteiger partial charge in [-0.25, -0.2) is 0 Å². The van der Waals surface area contributed by atoms with Gasteiger partial charge in [0.1, 0.15) is 0 Å². The van der Waals surface area contributed by atoms with Crippen LogP contribution in [0.3, 0.4) is 0 Å². The van der Waals surface area contributed by atoms with Gasteiger partial charge in [-0.3, -0.25) is 9.89 Å². The van der Waals surface area contributed by atoms with Crippen LogP contribution in [0.2, 0.25) is 0 Å². The van der Waals surface area contributed by atoms with Crippen LogP contribution >= 0.6 is 0 Å². The summed E-state index contributed by atoms with van der Waals surface area (Å²) in [5.74, 6) is 0.0279. The number of fused-ring (bicyclic) bond motifs is 1. The Morgan fingerprint density at radius 3 is 2.09 bits per heavy atom. The minimum atomic E-state index is -0.366. The van der Waals surface area contributed by atoms with E-state index in [-0.39, 0.29) is 11.3 Å². The molecule has 1 N–H and O–H groups in total. The van der Waals surface area contributed by atoms with Crippen molar-refractivity contribution in [1.82, 2.24) is 15.1 Å². The highest BCUT2D eigenvalue weighted by Gasteiger charge is 2.38. The van der Waals surface area contributed by atoms with E-state index in [0.717, 1.165) is 42.1 Å². The molecule has 2 aliphatic rings. The summed E-state index contributed by atoms with van der Waals surface area (Å²) in [5, 5.41) is 7.67. The molecule has 1 aromatic heterocycles. The molecule has 2 aromatic carbocycles. The second-order valence-corrected chi connectivity index (χ2v) is 9.48. The number of aromatic amines is 1. The maximum Gasteiger partial charge on any atom is 0.274 e. The molecule has 3 aromatic rings. The molecule has 0 atom stereocenters. The Morgan fingerprint density at radius 1 is 0.970 bits per heavy atom. The molecule has 5 rings (SSSR count). The first kappa shape index (κ1) is 21.3. The zero-order chi connectivity index (χ0) is 23.2. The zero-order valence-corrected chi connectivity index (χ0v) is 19.8. The molecule has 1 amide bonds. The minimum Gasteiger partial charge on any atom is -0.378 e. The number of aromatic nitrogens is 2. The summed E-state index contributed by atoms with van der Waals surface area (Å²) in [4.78, 5) is 19.0. The molecule has 0 bridgehead atoms. The predicted octanol–water partition coefficient (Wildman–Crippen LogP) is 3.94. The number of likely N-dealkylation sites (tertiary alicyclic amines) is 1. The quantitative estimate of drug-likeness (QED) is 0.652. The summed E-state index contributed by atoms with van der Waals surface area (Å²) in [6.07, 6.45) is 6.15. The third kappa shape index (κ3) is 3.59. The fourth-order valence-electron chi connectivity index (χ4n) is 4.78. The number of nitrogens with zero attached hydrogens (tertiary/aromatic N) is 4. The summed E-state index contributed by atoms with van der Waals surface area (Å²) in [6.45, 7) is 1.64. The number of anilines is 2. The van der Waals surface area contributed by atoms with Gasteiger partial charge in [-0.15, -0.1) is 0 Å². The van der Waals surface area contributed by atoms with Crippen molar-refractivity contribution in [1.29, 1.82) is 0 Å². The number of allylic oxidation sites excluding steroid dienone is 1. The second kappa shape index (κ2) is 8.10. The number of hydrogen-bond donors (Lipinski definition) is 1. The SMILES string of the molecule is CN(C)c1cccc(C2(c3cccc(N(C)C)c3)C=Cc3c(C(=O)N4CCC4)n[nH]c3C2)c1. The van der Waals surface area contributed by atoms with Crippen LogP contribution in [0.25, 0.3) is 6.08 Å². The Kier molecular flexibility index (Phi) is 5.23. The lowest BCUT2D eigenvalue weighted by Crippen LogP contribution is -2.42. The highest BCUT2D eigenvalue weighted by atomic mass is 16.2. The van der Waals surface area contributed by atoms with Gasteiger partial charge in [0, 0.05) is 75.7 Å². The van der Waals surface area contributed by atoms with Crippen molar-refractivity contribution < 1.29 is 4.79 Å². The van der Waals surface area contributed by atoms with Crippen molar-refractivity contribution >= 4 is 23.4 Å². The zero-order valence-electron chi connectivity index (χ0n) is 19.8. The molecule has 1 aliphatic heterocycles. The topological polar surface area (TPSA) is 55.5 Å². The molecular formula is C27H31N5O. The molecule has 170 valence electrons. The largest absolute Gasteiger partial charge is 0.378 e. The summed E-state index contributed by atoms with van der Waals surface area (Å²) in [7, 11) is 8.26. The number of rotatable bonds is 5. The van der Waals surface area contributed by atoms with Crippen molar-refractivity contribution in [2.24, 2.45) is 0 Å². The summed E-state index contributed by atoms with van der Waals surface area (Å²) in [5.41, 5.74) is 6.87. The lowest BCUT2D eigenvalue weighted by Gasteiger charge is -2.36. The molecule has 0 spiro atoms. The Bertz CT molecular complexity index is 1170. The van der Waals surface area contributed by atoms with Crippen LogP contribution in [0.5, 0.6) is 0 Å². The first-order valence-corrected chi connectivity index (χ1v) is 11.5. The van der Waals surface area contributed by atoms with Crippen LogP contribution in [-0.2, 0) is 11.8 Å². The predicted molar refractivity (Wildman–Crippen MR) is 134 cm³/mol. The van der Waals surface area contributed by atoms with Gasteiger partial charge in [0.2, 0.25) is 0 Å². The van der Waals surface area contributed by atoms with Gasteiger partial charge in [0.25, 0.3) is 5.91 Å². The van der Waals surface area contributed by atoms with Gasteiger partial charge in [-0.2, -0.15) is 5.10 Å². The molecule has 0 unspecified atom stereocenters. The summed E-state index contributed by atoms with van der Waals surface area (Å²) < 4.78 is 0. The number of carbonyl (C=O) groups excluding carboxylic acids is 1. The standard InChI is InChI=1S/C27H31N5O/c1-30(2)21-10-5-8-19(16-21)27(20-9-6-11-22(17-20)31(3)4)13-12-23-24(18-27)28-29-25(23)26(33)32-14-7-15-32/h5-6,8-13,16-17H,7,14-15,18H2,1-4H3,(H,28,29). The van der Waals surface area contributed by atoms with Gasteiger partial charge < -0.3 is 14.7 Å². The van der Waals surface area contributed by atoms with E-state index in [4.69, 9.17) is 0 Å². The average molecular weight is 442 g/mol. The van der Waals surface area contributed by atoms with E-state index in [1.54, 1.807) is 0 Å². The molecule has 6 heteroatoms. The van der Waals surface area contributed by atoms with Crippen LogP contribution in [0.1, 0.15) is 39.3 Å². The Morgan fingerprint density at radius 2 is 1.58 bits per heavy atom. The molecule has 1 aliphatic carbocycles. The summed E-state index contributed by atoms with van der Waals surface area (Å²) >= 11 is 0.